The second kappa shape index (κ2) is 6.43. The van der Waals surface area contributed by atoms with Crippen molar-refractivity contribution in [2.45, 2.75) is 31.3 Å². The maximum Gasteiger partial charge on any atom is 0.242 e. The van der Waals surface area contributed by atoms with Crippen LogP contribution in [0.15, 0.2) is 41.4 Å². The fourth-order valence-electron chi connectivity index (χ4n) is 2.09. The molecule has 1 aromatic heterocycles. The first-order valence-corrected chi connectivity index (χ1v) is 8.31. The molecule has 0 saturated heterocycles. The summed E-state index contributed by atoms with van der Waals surface area (Å²) < 4.78 is 27.4. The first-order valence-electron chi connectivity index (χ1n) is 6.83. The lowest BCUT2D eigenvalue weighted by atomic mass is 10.1. The summed E-state index contributed by atoms with van der Waals surface area (Å²) in [6.07, 6.45) is 1.51. The Morgan fingerprint density at radius 1 is 1.24 bits per heavy atom. The van der Waals surface area contributed by atoms with Crippen molar-refractivity contribution in [3.63, 3.8) is 0 Å². The van der Waals surface area contributed by atoms with Crippen molar-refractivity contribution in [1.29, 1.82) is 0 Å². The molecular formula is C15H21N3O2S. The van der Waals surface area contributed by atoms with E-state index < -0.39 is 10.0 Å². The van der Waals surface area contributed by atoms with E-state index in [-0.39, 0.29) is 10.9 Å². The van der Waals surface area contributed by atoms with Gasteiger partial charge in [0.15, 0.2) is 0 Å². The van der Waals surface area contributed by atoms with Gasteiger partial charge in [-0.2, -0.15) is 0 Å². The van der Waals surface area contributed by atoms with Crippen LogP contribution < -0.4 is 10.0 Å². The van der Waals surface area contributed by atoms with E-state index in [4.69, 9.17) is 0 Å². The summed E-state index contributed by atoms with van der Waals surface area (Å²) in [4.78, 5) is 3.21. The Balaban J connectivity index is 2.14. The lowest BCUT2D eigenvalue weighted by molar-refractivity contribution is 0.567. The summed E-state index contributed by atoms with van der Waals surface area (Å²) in [5.41, 5.74) is 2.92. The average molecular weight is 307 g/mol. The van der Waals surface area contributed by atoms with E-state index in [9.17, 15) is 8.42 Å². The topological polar surface area (TPSA) is 74.0 Å². The molecule has 2 rings (SSSR count). The fraction of sp³-hybridized carbons (Fsp3) is 0.333. The molecule has 0 spiro atoms. The molecule has 1 heterocycles. The maximum absolute atomic E-state index is 12.3. The van der Waals surface area contributed by atoms with Crippen LogP contribution in [-0.4, -0.2) is 20.4 Å². The number of aromatic amines is 1. The third-order valence-corrected chi connectivity index (χ3v) is 4.82. The molecule has 0 radical (unpaired) electrons. The third-order valence-electron chi connectivity index (χ3n) is 3.30. The minimum absolute atomic E-state index is 0.256. The van der Waals surface area contributed by atoms with E-state index in [2.05, 4.69) is 15.0 Å². The highest BCUT2D eigenvalue weighted by molar-refractivity contribution is 7.89. The van der Waals surface area contributed by atoms with Gasteiger partial charge in [0.1, 0.15) is 0 Å². The molecule has 2 aromatic rings. The van der Waals surface area contributed by atoms with Crippen molar-refractivity contribution in [2.24, 2.45) is 0 Å². The zero-order valence-electron chi connectivity index (χ0n) is 12.5. The second-order valence-corrected chi connectivity index (χ2v) is 6.86. The van der Waals surface area contributed by atoms with Crippen LogP contribution in [-0.2, 0) is 16.6 Å². The minimum Gasteiger partial charge on any atom is -0.363 e. The predicted octanol–water partition coefficient (Wildman–Crippen LogP) is 2.08. The number of benzene rings is 1. The Labute approximate surface area is 125 Å². The molecule has 3 N–H and O–H groups in total. The van der Waals surface area contributed by atoms with Crippen LogP contribution in [0.3, 0.4) is 0 Å². The first-order chi connectivity index (χ1) is 9.92. The molecule has 1 atom stereocenters. The predicted molar refractivity (Wildman–Crippen MR) is 83.5 cm³/mol. The minimum atomic E-state index is -3.52. The van der Waals surface area contributed by atoms with E-state index in [0.29, 0.717) is 6.54 Å². The molecule has 0 amide bonds. The molecule has 0 bridgehead atoms. The van der Waals surface area contributed by atoms with Gasteiger partial charge < -0.3 is 10.3 Å². The number of aryl methyl sites for hydroxylation is 1. The first kappa shape index (κ1) is 15.8. The van der Waals surface area contributed by atoms with Crippen molar-refractivity contribution < 1.29 is 8.42 Å². The van der Waals surface area contributed by atoms with E-state index in [1.165, 1.54) is 6.20 Å². The van der Waals surface area contributed by atoms with Crippen molar-refractivity contribution in [3.8, 4) is 0 Å². The molecule has 0 fully saturated rings. The van der Waals surface area contributed by atoms with Crippen LogP contribution in [0.5, 0.6) is 0 Å². The highest BCUT2D eigenvalue weighted by Crippen LogP contribution is 2.18. The number of hydrogen-bond acceptors (Lipinski definition) is 3. The van der Waals surface area contributed by atoms with Gasteiger partial charge in [0.25, 0.3) is 0 Å². The third kappa shape index (κ3) is 3.93. The monoisotopic (exact) mass is 307 g/mol. The number of sulfonamides is 1. The quantitative estimate of drug-likeness (QED) is 0.765. The second-order valence-electron chi connectivity index (χ2n) is 5.14. The number of aromatic nitrogens is 1. The number of rotatable bonds is 6. The van der Waals surface area contributed by atoms with Crippen LogP contribution in [0.1, 0.15) is 29.8 Å². The Bertz CT molecular complexity index is 690. The van der Waals surface area contributed by atoms with Gasteiger partial charge in [-0.15, -0.1) is 0 Å². The van der Waals surface area contributed by atoms with Gasteiger partial charge in [0, 0.05) is 24.5 Å². The molecule has 21 heavy (non-hydrogen) atoms. The average Bonchev–Trinajstić information content (AvgIpc) is 2.89. The highest BCUT2D eigenvalue weighted by atomic mass is 32.2. The molecule has 0 aliphatic rings. The van der Waals surface area contributed by atoms with Crippen molar-refractivity contribution in [1.82, 2.24) is 15.0 Å². The van der Waals surface area contributed by atoms with E-state index in [0.717, 1.165) is 16.8 Å². The van der Waals surface area contributed by atoms with Crippen LogP contribution in [0.25, 0.3) is 0 Å². The molecular weight excluding hydrogens is 286 g/mol. The number of H-pyrrole nitrogens is 1. The van der Waals surface area contributed by atoms with Gasteiger partial charge in [-0.1, -0.05) is 29.8 Å². The van der Waals surface area contributed by atoms with E-state index in [1.54, 1.807) is 6.07 Å². The maximum atomic E-state index is 12.3. The Kier molecular flexibility index (Phi) is 4.82. The van der Waals surface area contributed by atoms with Crippen LogP contribution >= 0.6 is 0 Å². The number of nitrogens with one attached hydrogen (secondary N) is 3. The smallest absolute Gasteiger partial charge is 0.242 e. The Morgan fingerprint density at radius 2 is 1.90 bits per heavy atom. The van der Waals surface area contributed by atoms with Crippen LogP contribution in [0.4, 0.5) is 0 Å². The van der Waals surface area contributed by atoms with E-state index >= 15 is 0 Å². The zero-order chi connectivity index (χ0) is 15.5. The van der Waals surface area contributed by atoms with Gasteiger partial charge in [-0.3, -0.25) is 0 Å². The van der Waals surface area contributed by atoms with Gasteiger partial charge in [-0.05, 0) is 32.5 Å². The number of hydrogen-bond donors (Lipinski definition) is 3. The zero-order valence-corrected chi connectivity index (χ0v) is 13.3. The Hall–Kier alpha value is -1.63. The summed E-state index contributed by atoms with van der Waals surface area (Å²) in [7, 11) is -1.71. The molecule has 0 aliphatic heterocycles. The Morgan fingerprint density at radius 3 is 2.52 bits per heavy atom. The highest BCUT2D eigenvalue weighted by Gasteiger charge is 2.19. The molecule has 5 nitrogen and oxygen atoms in total. The largest absolute Gasteiger partial charge is 0.363 e. The van der Waals surface area contributed by atoms with Crippen LogP contribution in [0.2, 0.25) is 0 Å². The van der Waals surface area contributed by atoms with Crippen LogP contribution in [0, 0.1) is 6.92 Å². The van der Waals surface area contributed by atoms with Gasteiger partial charge in [0.2, 0.25) is 10.0 Å². The standard InChI is InChI=1S/C15H21N3O2S/c1-11-4-6-13(7-5-11)12(2)18-21(19,20)15-8-14(9-16-3)17-10-15/h4-8,10,12,16-18H,9H2,1-3H3. The lowest BCUT2D eigenvalue weighted by Crippen LogP contribution is -2.26. The summed E-state index contributed by atoms with van der Waals surface area (Å²) in [5, 5.41) is 2.97. The lowest BCUT2D eigenvalue weighted by Gasteiger charge is -2.14. The summed E-state index contributed by atoms with van der Waals surface area (Å²) >= 11 is 0. The summed E-state index contributed by atoms with van der Waals surface area (Å²) in [6.45, 7) is 4.44. The molecule has 0 saturated carbocycles. The van der Waals surface area contributed by atoms with Crippen molar-refractivity contribution >= 4 is 10.0 Å². The molecule has 1 unspecified atom stereocenters. The molecule has 6 heteroatoms. The van der Waals surface area contributed by atoms with Crippen molar-refractivity contribution in [3.05, 3.63) is 53.3 Å². The van der Waals surface area contributed by atoms with Gasteiger partial charge in [0.05, 0.1) is 4.90 Å². The molecule has 0 aliphatic carbocycles. The normalized spacial score (nSPS) is 13.3. The molecule has 1 aromatic carbocycles. The molecule has 114 valence electrons. The van der Waals surface area contributed by atoms with Gasteiger partial charge in [-0.25, -0.2) is 13.1 Å². The van der Waals surface area contributed by atoms with Crippen molar-refractivity contribution in [2.75, 3.05) is 7.05 Å². The summed E-state index contributed by atoms with van der Waals surface area (Å²) in [5.74, 6) is 0. The fourth-order valence-corrected chi connectivity index (χ4v) is 3.34. The van der Waals surface area contributed by atoms with Gasteiger partial charge >= 0.3 is 0 Å². The van der Waals surface area contributed by atoms with E-state index in [1.807, 2.05) is 45.2 Å². The SMILES string of the molecule is CNCc1cc(S(=O)(=O)NC(C)c2ccc(C)cc2)c[nH]1. The summed E-state index contributed by atoms with van der Waals surface area (Å²) in [6, 6.07) is 9.18.